The van der Waals surface area contributed by atoms with Gasteiger partial charge in [0.15, 0.2) is 11.5 Å². The van der Waals surface area contributed by atoms with E-state index in [1.54, 1.807) is 38.5 Å². The summed E-state index contributed by atoms with van der Waals surface area (Å²) in [7, 11) is -0.432. The van der Waals surface area contributed by atoms with Crippen LogP contribution in [0.5, 0.6) is 11.5 Å². The average molecular weight is 420 g/mol. The second kappa shape index (κ2) is 9.61. The minimum absolute atomic E-state index is 0.214. The smallest absolute Gasteiger partial charge is 0.296 e. The molecule has 0 bridgehead atoms. The molecule has 158 valence electrons. The largest absolute Gasteiger partial charge is 0.493 e. The van der Waals surface area contributed by atoms with E-state index < -0.39 is 10.1 Å². The first-order chi connectivity index (χ1) is 13.9. The molecular formula is C22H29NO5S. The van der Waals surface area contributed by atoms with Crippen molar-refractivity contribution in [3.8, 4) is 11.5 Å². The number of benzene rings is 2. The molecule has 3 rings (SSSR count). The first-order valence-electron chi connectivity index (χ1n) is 9.80. The number of ether oxygens (including phenoxy) is 2. The van der Waals surface area contributed by atoms with Crippen molar-refractivity contribution in [3.63, 3.8) is 0 Å². The summed E-state index contributed by atoms with van der Waals surface area (Å²) in [4.78, 5) is 2.56. The predicted octanol–water partition coefficient (Wildman–Crippen LogP) is 3.28. The summed E-state index contributed by atoms with van der Waals surface area (Å²) in [5.41, 5.74) is 2.20. The van der Waals surface area contributed by atoms with E-state index in [4.69, 9.17) is 13.7 Å². The summed E-state index contributed by atoms with van der Waals surface area (Å²) in [5.74, 6) is 1.68. The maximum Gasteiger partial charge on any atom is 0.296 e. The Kier molecular flexibility index (Phi) is 7.16. The lowest BCUT2D eigenvalue weighted by Gasteiger charge is -2.17. The minimum atomic E-state index is -3.70. The van der Waals surface area contributed by atoms with Crippen molar-refractivity contribution in [3.05, 3.63) is 53.6 Å². The Bertz CT molecular complexity index is 911. The highest BCUT2D eigenvalue weighted by molar-refractivity contribution is 7.86. The molecule has 1 unspecified atom stereocenters. The average Bonchev–Trinajstić information content (AvgIpc) is 3.19. The summed E-state index contributed by atoms with van der Waals surface area (Å²) in [6.07, 6.45) is 1.84. The zero-order chi connectivity index (χ0) is 20.9. The minimum Gasteiger partial charge on any atom is -0.493 e. The Labute approximate surface area is 173 Å². The van der Waals surface area contributed by atoms with E-state index in [-0.39, 0.29) is 17.4 Å². The highest BCUT2D eigenvalue weighted by Gasteiger charge is 2.25. The maximum absolute atomic E-state index is 12.3. The van der Waals surface area contributed by atoms with Gasteiger partial charge >= 0.3 is 0 Å². The zero-order valence-corrected chi connectivity index (χ0v) is 18.1. The van der Waals surface area contributed by atoms with Crippen LogP contribution in [0.4, 0.5) is 0 Å². The first kappa shape index (κ1) is 21.6. The molecule has 0 amide bonds. The number of hydrogen-bond acceptors (Lipinski definition) is 6. The van der Waals surface area contributed by atoms with Gasteiger partial charge < -0.3 is 14.4 Å². The van der Waals surface area contributed by atoms with Crippen molar-refractivity contribution in [2.45, 2.75) is 24.7 Å². The van der Waals surface area contributed by atoms with Gasteiger partial charge in [0.05, 0.1) is 25.7 Å². The van der Waals surface area contributed by atoms with Crippen LogP contribution >= 0.6 is 0 Å². The third kappa shape index (κ3) is 5.72. The summed E-state index contributed by atoms with van der Waals surface area (Å²) >= 11 is 0. The van der Waals surface area contributed by atoms with Crippen molar-refractivity contribution >= 4 is 10.1 Å². The van der Waals surface area contributed by atoms with Gasteiger partial charge in [-0.1, -0.05) is 23.8 Å². The van der Waals surface area contributed by atoms with Crippen LogP contribution in [0.3, 0.4) is 0 Å². The van der Waals surface area contributed by atoms with Gasteiger partial charge in [0.25, 0.3) is 10.1 Å². The fourth-order valence-electron chi connectivity index (χ4n) is 3.53. The summed E-state index contributed by atoms with van der Waals surface area (Å²) < 4.78 is 40.7. The van der Waals surface area contributed by atoms with Gasteiger partial charge in [0.2, 0.25) is 0 Å². The van der Waals surface area contributed by atoms with Crippen molar-refractivity contribution < 1.29 is 22.1 Å². The quantitative estimate of drug-likeness (QED) is 0.581. The lowest BCUT2D eigenvalue weighted by atomic mass is 10.1. The molecule has 6 nitrogen and oxygen atoms in total. The van der Waals surface area contributed by atoms with Crippen LogP contribution in [0.15, 0.2) is 47.4 Å². The molecule has 0 aliphatic carbocycles. The second-order valence-electron chi connectivity index (χ2n) is 7.45. The molecule has 1 aliphatic rings. The molecule has 1 saturated heterocycles. The fraction of sp³-hybridized carbons (Fsp3) is 0.455. The number of hydrogen-bond donors (Lipinski definition) is 0. The van der Waals surface area contributed by atoms with Crippen molar-refractivity contribution in [1.82, 2.24) is 4.90 Å². The topological polar surface area (TPSA) is 65.1 Å². The first-order valence-corrected chi connectivity index (χ1v) is 11.2. The third-order valence-electron chi connectivity index (χ3n) is 5.30. The lowest BCUT2D eigenvalue weighted by molar-refractivity contribution is 0.245. The van der Waals surface area contributed by atoms with E-state index in [2.05, 4.69) is 4.90 Å². The summed E-state index contributed by atoms with van der Waals surface area (Å²) in [6, 6.07) is 12.7. The van der Waals surface area contributed by atoms with E-state index in [1.807, 2.05) is 25.1 Å². The molecule has 0 saturated carbocycles. The Balaban J connectivity index is 1.47. The molecule has 0 aromatic heterocycles. The van der Waals surface area contributed by atoms with Gasteiger partial charge in [0.1, 0.15) is 0 Å². The van der Waals surface area contributed by atoms with E-state index in [9.17, 15) is 8.42 Å². The highest BCUT2D eigenvalue weighted by atomic mass is 32.2. The Morgan fingerprint density at radius 2 is 1.76 bits per heavy atom. The van der Waals surface area contributed by atoms with Crippen LogP contribution in [0, 0.1) is 12.8 Å². The van der Waals surface area contributed by atoms with E-state index in [0.29, 0.717) is 0 Å². The normalized spacial score (nSPS) is 17.4. The van der Waals surface area contributed by atoms with Gasteiger partial charge in [0, 0.05) is 13.1 Å². The Morgan fingerprint density at radius 1 is 1.03 bits per heavy atom. The highest BCUT2D eigenvalue weighted by Crippen LogP contribution is 2.28. The zero-order valence-electron chi connectivity index (χ0n) is 17.3. The molecular weight excluding hydrogens is 390 g/mol. The number of methoxy groups -OCH3 is 2. The van der Waals surface area contributed by atoms with Crippen molar-refractivity contribution in [2.75, 3.05) is 40.5 Å². The van der Waals surface area contributed by atoms with E-state index in [0.717, 1.165) is 49.5 Å². The van der Waals surface area contributed by atoms with Crippen LogP contribution in [0.2, 0.25) is 0 Å². The maximum atomic E-state index is 12.3. The lowest BCUT2D eigenvalue weighted by Crippen LogP contribution is -2.25. The molecule has 0 radical (unpaired) electrons. The predicted molar refractivity (Wildman–Crippen MR) is 112 cm³/mol. The van der Waals surface area contributed by atoms with Crippen LogP contribution in [-0.2, 0) is 20.7 Å². The van der Waals surface area contributed by atoms with Crippen LogP contribution in [0.1, 0.15) is 17.5 Å². The van der Waals surface area contributed by atoms with Crippen molar-refractivity contribution in [1.29, 1.82) is 0 Å². The van der Waals surface area contributed by atoms with Crippen molar-refractivity contribution in [2.24, 2.45) is 5.92 Å². The molecule has 2 aromatic rings. The molecule has 0 N–H and O–H groups in total. The Morgan fingerprint density at radius 3 is 2.45 bits per heavy atom. The molecule has 1 heterocycles. The van der Waals surface area contributed by atoms with E-state index in [1.165, 1.54) is 5.56 Å². The monoisotopic (exact) mass is 419 g/mol. The van der Waals surface area contributed by atoms with Gasteiger partial charge in [-0.15, -0.1) is 0 Å². The van der Waals surface area contributed by atoms with Gasteiger partial charge in [-0.3, -0.25) is 4.18 Å². The van der Waals surface area contributed by atoms with Crippen LogP contribution < -0.4 is 9.47 Å². The number of likely N-dealkylation sites (tertiary alicyclic amines) is 1. The van der Waals surface area contributed by atoms with Gasteiger partial charge in [-0.05, 0) is 62.1 Å². The molecule has 1 atom stereocenters. The fourth-order valence-corrected chi connectivity index (χ4v) is 4.51. The number of aryl methyl sites for hydroxylation is 1. The van der Waals surface area contributed by atoms with Crippen LogP contribution in [0.25, 0.3) is 0 Å². The third-order valence-corrected chi connectivity index (χ3v) is 6.60. The molecule has 2 aromatic carbocycles. The second-order valence-corrected chi connectivity index (χ2v) is 9.06. The number of nitrogens with zero attached hydrogens (tertiary/aromatic N) is 1. The molecule has 1 fully saturated rings. The van der Waals surface area contributed by atoms with Gasteiger partial charge in [-0.25, -0.2) is 0 Å². The van der Waals surface area contributed by atoms with Gasteiger partial charge in [-0.2, -0.15) is 8.42 Å². The number of rotatable bonds is 9. The van der Waals surface area contributed by atoms with Crippen LogP contribution in [-0.4, -0.2) is 53.8 Å². The summed E-state index contributed by atoms with van der Waals surface area (Å²) in [6.45, 7) is 4.86. The molecule has 29 heavy (non-hydrogen) atoms. The summed E-state index contributed by atoms with van der Waals surface area (Å²) in [5, 5.41) is 0. The molecule has 7 heteroatoms. The van der Waals surface area contributed by atoms with E-state index >= 15 is 0 Å². The Hall–Kier alpha value is -2.09. The molecule has 1 aliphatic heterocycles. The SMILES string of the molecule is COc1ccc(CCN2CCC(COS(=O)(=O)c3ccc(C)cc3)C2)cc1OC. The standard InChI is InChI=1S/C22H29NO5S/c1-17-4-7-20(8-5-17)29(24,25)28-16-19-11-13-23(15-19)12-10-18-6-9-21(26-2)22(14-18)27-3/h4-9,14,19H,10-13,15-16H2,1-3H3. The molecule has 0 spiro atoms.